The van der Waals surface area contributed by atoms with E-state index < -0.39 is 0 Å². The highest BCUT2D eigenvalue weighted by molar-refractivity contribution is 14.0. The third-order valence-corrected chi connectivity index (χ3v) is 5.78. The van der Waals surface area contributed by atoms with Gasteiger partial charge in [-0.05, 0) is 50.9 Å². The highest BCUT2D eigenvalue weighted by Gasteiger charge is 2.13. The van der Waals surface area contributed by atoms with E-state index in [4.69, 9.17) is 4.74 Å². The summed E-state index contributed by atoms with van der Waals surface area (Å²) in [6.45, 7) is 10.5. The van der Waals surface area contributed by atoms with Gasteiger partial charge in [-0.3, -0.25) is 14.6 Å². The Bertz CT molecular complexity index is 827. The highest BCUT2D eigenvalue weighted by atomic mass is 127. The molecule has 2 aromatic rings. The number of halogens is 1. The molecule has 1 aromatic carbocycles. The maximum Gasteiger partial charge on any atom is 0.191 e. The summed E-state index contributed by atoms with van der Waals surface area (Å²) in [6.07, 6.45) is 2.67. The summed E-state index contributed by atoms with van der Waals surface area (Å²) < 4.78 is 7.18. The van der Waals surface area contributed by atoms with Crippen molar-refractivity contribution in [1.29, 1.82) is 0 Å². The second kappa shape index (κ2) is 13.0. The van der Waals surface area contributed by atoms with Crippen LogP contribution < -0.4 is 10.6 Å². The van der Waals surface area contributed by atoms with Crippen molar-refractivity contribution in [2.24, 2.45) is 4.99 Å². The van der Waals surface area contributed by atoms with Gasteiger partial charge in [0.25, 0.3) is 0 Å². The van der Waals surface area contributed by atoms with Gasteiger partial charge in [0.2, 0.25) is 0 Å². The first kappa shape index (κ1) is 25.6. The fourth-order valence-electron chi connectivity index (χ4n) is 3.93. The number of hydrogen-bond acceptors (Lipinski definition) is 4. The molecule has 1 fully saturated rings. The molecule has 0 atom stereocenters. The lowest BCUT2D eigenvalue weighted by molar-refractivity contribution is 0.182. The molecule has 1 aromatic heterocycles. The van der Waals surface area contributed by atoms with Crippen LogP contribution in [0.4, 0.5) is 0 Å². The molecule has 3 rings (SSSR count). The zero-order valence-electron chi connectivity index (χ0n) is 19.3. The standard InChI is InChI=1S/C23H36N6O.HI/c1-18-22(19(2)29(27-18)13-14-30-4)16-26-23(24-3)25-15-20-7-9-21(10-8-20)17-28-11-5-6-12-28;/h7-10H,5-6,11-17H2,1-4H3,(H2,24,25,26);1H. The average Bonchev–Trinajstić information content (AvgIpc) is 3.36. The van der Waals surface area contributed by atoms with Crippen molar-refractivity contribution in [1.82, 2.24) is 25.3 Å². The van der Waals surface area contributed by atoms with Crippen LogP contribution in [0, 0.1) is 13.8 Å². The normalized spacial score (nSPS) is 14.5. The lowest BCUT2D eigenvalue weighted by Gasteiger charge is -2.15. The molecule has 0 bridgehead atoms. The molecule has 0 saturated carbocycles. The predicted octanol–water partition coefficient (Wildman–Crippen LogP) is 3.23. The third-order valence-electron chi connectivity index (χ3n) is 5.78. The number of rotatable bonds is 9. The Hall–Kier alpha value is -1.65. The lowest BCUT2D eigenvalue weighted by Crippen LogP contribution is -2.36. The Morgan fingerprint density at radius 1 is 1.06 bits per heavy atom. The zero-order valence-corrected chi connectivity index (χ0v) is 21.6. The second-order valence-electron chi connectivity index (χ2n) is 7.94. The quantitative estimate of drug-likeness (QED) is 0.291. The summed E-state index contributed by atoms with van der Waals surface area (Å²) in [5.41, 5.74) is 6.06. The first-order chi connectivity index (χ1) is 14.6. The first-order valence-corrected chi connectivity index (χ1v) is 10.9. The Balaban J connectivity index is 0.00000341. The van der Waals surface area contributed by atoms with E-state index in [9.17, 15) is 0 Å². The summed E-state index contributed by atoms with van der Waals surface area (Å²) in [4.78, 5) is 6.89. The summed E-state index contributed by atoms with van der Waals surface area (Å²) in [7, 11) is 3.52. The molecular weight excluding hydrogens is 503 g/mol. The Labute approximate surface area is 203 Å². The number of aliphatic imine (C=N–C) groups is 1. The fourth-order valence-corrected chi connectivity index (χ4v) is 3.93. The number of likely N-dealkylation sites (tertiary alicyclic amines) is 1. The van der Waals surface area contributed by atoms with E-state index in [2.05, 4.69) is 56.8 Å². The van der Waals surface area contributed by atoms with Crippen LogP contribution in [-0.4, -0.2) is 54.5 Å². The maximum absolute atomic E-state index is 5.17. The van der Waals surface area contributed by atoms with E-state index in [1.807, 2.05) is 11.6 Å². The van der Waals surface area contributed by atoms with Gasteiger partial charge in [0.15, 0.2) is 5.96 Å². The molecule has 1 aliphatic rings. The zero-order chi connectivity index (χ0) is 21.3. The van der Waals surface area contributed by atoms with Gasteiger partial charge in [0, 0.05) is 45.0 Å². The van der Waals surface area contributed by atoms with Crippen LogP contribution in [0.15, 0.2) is 29.3 Å². The van der Waals surface area contributed by atoms with Gasteiger partial charge in [-0.1, -0.05) is 24.3 Å². The van der Waals surface area contributed by atoms with E-state index in [0.717, 1.165) is 31.3 Å². The first-order valence-electron chi connectivity index (χ1n) is 10.9. The van der Waals surface area contributed by atoms with Crippen LogP contribution in [0.1, 0.15) is 40.9 Å². The molecule has 0 amide bonds. The van der Waals surface area contributed by atoms with Crippen molar-refractivity contribution in [3.05, 3.63) is 52.3 Å². The van der Waals surface area contributed by atoms with Crippen LogP contribution in [0.3, 0.4) is 0 Å². The average molecular weight is 540 g/mol. The Morgan fingerprint density at radius 2 is 1.71 bits per heavy atom. The summed E-state index contributed by atoms with van der Waals surface area (Å²) in [5, 5.41) is 11.4. The Morgan fingerprint density at radius 3 is 2.35 bits per heavy atom. The van der Waals surface area contributed by atoms with Crippen molar-refractivity contribution in [3.8, 4) is 0 Å². The van der Waals surface area contributed by atoms with Crippen molar-refractivity contribution in [2.75, 3.05) is 33.9 Å². The molecule has 0 radical (unpaired) electrons. The van der Waals surface area contributed by atoms with Crippen molar-refractivity contribution in [2.45, 2.75) is 52.9 Å². The second-order valence-corrected chi connectivity index (χ2v) is 7.94. The number of ether oxygens (including phenoxy) is 1. The minimum absolute atomic E-state index is 0. The van der Waals surface area contributed by atoms with Crippen molar-refractivity contribution in [3.63, 3.8) is 0 Å². The molecule has 31 heavy (non-hydrogen) atoms. The van der Waals surface area contributed by atoms with Crippen LogP contribution in [0.2, 0.25) is 0 Å². The number of nitrogens with zero attached hydrogens (tertiary/aromatic N) is 4. The van der Waals surface area contributed by atoms with Crippen LogP contribution in [0.5, 0.6) is 0 Å². The minimum atomic E-state index is 0. The molecule has 8 heteroatoms. The lowest BCUT2D eigenvalue weighted by atomic mass is 10.1. The molecular formula is C23H37IN6O. The van der Waals surface area contributed by atoms with Crippen LogP contribution in [0.25, 0.3) is 0 Å². The molecule has 1 saturated heterocycles. The maximum atomic E-state index is 5.17. The Kier molecular flexibility index (Phi) is 10.8. The van der Waals surface area contributed by atoms with Gasteiger partial charge < -0.3 is 15.4 Å². The highest BCUT2D eigenvalue weighted by Crippen LogP contribution is 2.14. The van der Waals surface area contributed by atoms with Gasteiger partial charge in [0.1, 0.15) is 0 Å². The number of aromatic nitrogens is 2. The minimum Gasteiger partial charge on any atom is -0.383 e. The van der Waals surface area contributed by atoms with Gasteiger partial charge in [-0.2, -0.15) is 5.10 Å². The van der Waals surface area contributed by atoms with Crippen molar-refractivity contribution >= 4 is 29.9 Å². The largest absolute Gasteiger partial charge is 0.383 e. The van der Waals surface area contributed by atoms with E-state index in [0.29, 0.717) is 13.2 Å². The van der Waals surface area contributed by atoms with E-state index in [-0.39, 0.29) is 24.0 Å². The van der Waals surface area contributed by atoms with Gasteiger partial charge >= 0.3 is 0 Å². The SMILES string of the molecule is CN=C(NCc1ccc(CN2CCCC2)cc1)NCc1c(C)nn(CCOC)c1C.I. The van der Waals surface area contributed by atoms with Crippen LogP contribution >= 0.6 is 24.0 Å². The predicted molar refractivity (Wildman–Crippen MR) is 137 cm³/mol. The van der Waals surface area contributed by atoms with Gasteiger partial charge in [-0.25, -0.2) is 0 Å². The molecule has 2 N–H and O–H groups in total. The van der Waals surface area contributed by atoms with Gasteiger partial charge in [-0.15, -0.1) is 24.0 Å². The number of hydrogen-bond donors (Lipinski definition) is 2. The summed E-state index contributed by atoms with van der Waals surface area (Å²) in [5.74, 6) is 0.791. The topological polar surface area (TPSA) is 66.7 Å². The number of aryl methyl sites for hydroxylation is 1. The molecule has 0 aliphatic carbocycles. The summed E-state index contributed by atoms with van der Waals surface area (Å²) >= 11 is 0. The summed E-state index contributed by atoms with van der Waals surface area (Å²) in [6, 6.07) is 8.90. The number of nitrogens with one attached hydrogen (secondary N) is 2. The molecule has 0 unspecified atom stereocenters. The molecule has 0 spiro atoms. The monoisotopic (exact) mass is 540 g/mol. The molecule has 2 heterocycles. The van der Waals surface area contributed by atoms with E-state index in [1.165, 1.54) is 48.3 Å². The number of benzene rings is 1. The number of guanidine groups is 1. The third kappa shape index (κ3) is 7.47. The molecule has 1 aliphatic heterocycles. The van der Waals surface area contributed by atoms with Gasteiger partial charge in [0.05, 0.1) is 18.8 Å². The smallest absolute Gasteiger partial charge is 0.191 e. The molecule has 7 nitrogen and oxygen atoms in total. The van der Waals surface area contributed by atoms with Crippen LogP contribution in [-0.2, 0) is 30.9 Å². The van der Waals surface area contributed by atoms with Crippen molar-refractivity contribution < 1.29 is 4.74 Å². The molecule has 172 valence electrons. The fraction of sp³-hybridized carbons (Fsp3) is 0.565. The van der Waals surface area contributed by atoms with E-state index in [1.54, 1.807) is 14.2 Å². The number of methoxy groups -OCH3 is 1. The van der Waals surface area contributed by atoms with E-state index >= 15 is 0 Å².